The predicted molar refractivity (Wildman–Crippen MR) is 167 cm³/mol. The zero-order chi connectivity index (χ0) is 34.6. The second kappa shape index (κ2) is 9.61. The van der Waals surface area contributed by atoms with Gasteiger partial charge in [-0.3, -0.25) is 14.4 Å². The lowest BCUT2D eigenvalue weighted by atomic mass is 8.94. The molecule has 50 heavy (non-hydrogen) atoms. The van der Waals surface area contributed by atoms with E-state index in [0.717, 1.165) is 5.57 Å². The number of hydrogen-bond acceptors (Lipinski definition) is 10. The van der Waals surface area contributed by atoms with Crippen LogP contribution in [0.4, 0.5) is 18.9 Å². The van der Waals surface area contributed by atoms with E-state index in [1.807, 2.05) is 17.9 Å². The van der Waals surface area contributed by atoms with Crippen LogP contribution in [0.2, 0.25) is 0 Å². The van der Waals surface area contributed by atoms with E-state index >= 15 is 0 Å². The molecular weight excluding hydrogens is 659 g/mol. The van der Waals surface area contributed by atoms with Gasteiger partial charge in [-0.2, -0.15) is 22.7 Å². The average molecular weight is 694 g/mol. The number of aromatic nitrogens is 6. The Morgan fingerprint density at radius 1 is 1.08 bits per heavy atom. The molecule has 3 aromatic rings. The van der Waals surface area contributed by atoms with Crippen LogP contribution in [0.25, 0.3) is 11.4 Å². The molecule has 2 N–H and O–H groups in total. The van der Waals surface area contributed by atoms with Crippen LogP contribution in [-0.4, -0.2) is 102 Å². The molecule has 6 saturated carbocycles. The molecule has 0 aromatic carbocycles. The number of rotatable bonds is 7. The van der Waals surface area contributed by atoms with Gasteiger partial charge in [0.05, 0.1) is 35.6 Å². The van der Waals surface area contributed by atoms with Gasteiger partial charge in [0.25, 0.3) is 11.5 Å². The van der Waals surface area contributed by atoms with Crippen molar-refractivity contribution in [2.24, 2.45) is 40.9 Å². The zero-order valence-corrected chi connectivity index (χ0v) is 27.3. The lowest BCUT2D eigenvalue weighted by molar-refractivity contribution is -0.663. The predicted octanol–water partition coefficient (Wildman–Crippen LogP) is 1.19. The summed E-state index contributed by atoms with van der Waals surface area (Å²) in [6.45, 7) is 5.24. The molecule has 17 heteroatoms. The number of hydrogen-bond donors (Lipinski definition) is 2. The zero-order valence-electron chi connectivity index (χ0n) is 27.3. The SMILES string of the molecule is CCc1c(N2CCN(C(=O)c3ncnc(C)c3O)CC2)c(=O)n2nc(C3=CCOCC3)nc2n1CC(=O)NC12C3C4C1C1C2C3C41C(F)(F)F. The highest BCUT2D eigenvalue weighted by molar-refractivity contribution is 5.95. The highest BCUT2D eigenvalue weighted by atomic mass is 19.4. The number of amides is 2. The van der Waals surface area contributed by atoms with Gasteiger partial charge in [0, 0.05) is 26.2 Å². The number of carbonyl (C=O) groups is 2. The van der Waals surface area contributed by atoms with Crippen molar-refractivity contribution in [1.29, 1.82) is 0 Å². The molecule has 7 fully saturated rings. The van der Waals surface area contributed by atoms with Gasteiger partial charge in [-0.05, 0) is 60.8 Å². The summed E-state index contributed by atoms with van der Waals surface area (Å²) in [5.74, 6) is -1.85. The van der Waals surface area contributed by atoms with E-state index in [2.05, 4.69) is 20.4 Å². The Morgan fingerprint density at radius 3 is 2.40 bits per heavy atom. The van der Waals surface area contributed by atoms with Crippen LogP contribution in [0, 0.1) is 47.8 Å². The van der Waals surface area contributed by atoms with Crippen molar-refractivity contribution < 1.29 is 32.6 Å². The van der Waals surface area contributed by atoms with Gasteiger partial charge < -0.3 is 29.5 Å². The number of ether oxygens (including phenoxy) is 1. The number of aryl methyl sites for hydroxylation is 1. The Bertz CT molecular complexity index is 2080. The van der Waals surface area contributed by atoms with Crippen LogP contribution >= 0.6 is 0 Å². The van der Waals surface area contributed by atoms with Gasteiger partial charge in [-0.15, -0.1) is 5.10 Å². The summed E-state index contributed by atoms with van der Waals surface area (Å²) in [6, 6.07) is 0. The molecule has 2 aliphatic heterocycles. The standard InChI is InChI=1S/C33H34F3N9O5/c1-3-16-25(42-6-8-43(9-7-42)28(48)24-26(47)14(2)37-13-38-24)29(49)45-30(39-27(41-45)15-4-10-50-11-5-15)44(16)12-17(46)40-32-21-18-22(32)20-23(32)19(21)31(18,20)33(34,35)36/h4,13,18-23,47H,3,5-12H2,1-2H3,(H,40,46). The van der Waals surface area contributed by atoms with Gasteiger partial charge in [-0.25, -0.2) is 9.97 Å². The van der Waals surface area contributed by atoms with E-state index < -0.39 is 28.6 Å². The summed E-state index contributed by atoms with van der Waals surface area (Å²) in [4.78, 5) is 57.5. The van der Waals surface area contributed by atoms with Gasteiger partial charge in [0.15, 0.2) is 17.3 Å². The molecule has 3 aromatic heterocycles. The first kappa shape index (κ1) is 30.3. The normalized spacial score (nSPS) is 34.1. The van der Waals surface area contributed by atoms with Crippen molar-refractivity contribution in [3.63, 3.8) is 0 Å². The van der Waals surface area contributed by atoms with Crippen LogP contribution < -0.4 is 15.8 Å². The fourth-order valence-electron chi connectivity index (χ4n) is 11.5. The monoisotopic (exact) mass is 693 g/mol. The summed E-state index contributed by atoms with van der Waals surface area (Å²) in [6.07, 6.45) is -0.146. The molecule has 14 nitrogen and oxygen atoms in total. The molecule has 0 bridgehead atoms. The van der Waals surface area contributed by atoms with Gasteiger partial charge in [-0.1, -0.05) is 13.0 Å². The van der Waals surface area contributed by atoms with E-state index in [4.69, 9.17) is 9.72 Å². The summed E-state index contributed by atoms with van der Waals surface area (Å²) in [7, 11) is 0. The molecule has 5 heterocycles. The van der Waals surface area contributed by atoms with E-state index in [1.165, 1.54) is 10.8 Å². The molecule has 11 rings (SSSR count). The summed E-state index contributed by atoms with van der Waals surface area (Å²) in [5.41, 5.74) is -0.459. The maximum atomic E-state index is 14.2. The number of nitrogens with zero attached hydrogens (tertiary/aromatic N) is 8. The number of halogens is 3. The maximum Gasteiger partial charge on any atom is 0.395 e. The number of anilines is 1. The minimum atomic E-state index is -4.18. The first-order valence-electron chi connectivity index (χ1n) is 17.2. The molecule has 6 aliphatic carbocycles. The summed E-state index contributed by atoms with van der Waals surface area (Å²) >= 11 is 0. The van der Waals surface area contributed by atoms with Crippen molar-refractivity contribution >= 4 is 28.9 Å². The van der Waals surface area contributed by atoms with Gasteiger partial charge in [0.1, 0.15) is 18.6 Å². The number of fused-ring (bicyclic) bond motifs is 1. The second-order valence-corrected chi connectivity index (χ2v) is 14.7. The van der Waals surface area contributed by atoms with Crippen molar-refractivity contribution in [2.45, 2.75) is 44.9 Å². The van der Waals surface area contributed by atoms with Crippen molar-refractivity contribution in [3.05, 3.63) is 45.7 Å². The van der Waals surface area contributed by atoms with Crippen LogP contribution in [0.5, 0.6) is 5.75 Å². The largest absolute Gasteiger partial charge is 0.504 e. The fraction of sp³-hybridized carbons (Fsp3) is 0.606. The quantitative estimate of drug-likeness (QED) is 0.368. The highest BCUT2D eigenvalue weighted by Crippen LogP contribution is 3.08. The third-order valence-corrected chi connectivity index (χ3v) is 13.3. The maximum absolute atomic E-state index is 14.2. The second-order valence-electron chi connectivity index (χ2n) is 14.7. The van der Waals surface area contributed by atoms with Gasteiger partial charge in [0.2, 0.25) is 11.7 Å². The Hall–Kier alpha value is -4.54. The average Bonchev–Trinajstić information content (AvgIpc) is 3.56. The third kappa shape index (κ3) is 3.24. The van der Waals surface area contributed by atoms with Crippen LogP contribution in [0.1, 0.15) is 41.0 Å². The first-order valence-corrected chi connectivity index (χ1v) is 17.2. The minimum Gasteiger partial charge on any atom is -0.504 e. The molecule has 0 atom stereocenters. The molecule has 0 radical (unpaired) electrons. The number of aromatic hydroxyl groups is 1. The topological polar surface area (TPSA) is 160 Å². The smallest absolute Gasteiger partial charge is 0.395 e. The summed E-state index contributed by atoms with van der Waals surface area (Å²) in [5, 5.41) is 18.2. The van der Waals surface area contributed by atoms with E-state index in [-0.39, 0.29) is 78.3 Å². The number of piperazine rings is 1. The number of alkyl halides is 3. The third-order valence-electron chi connectivity index (χ3n) is 13.3. The highest BCUT2D eigenvalue weighted by Gasteiger charge is 3.14. The molecule has 262 valence electrons. The van der Waals surface area contributed by atoms with E-state index in [1.54, 1.807) is 16.4 Å². The first-order chi connectivity index (χ1) is 24.0. The van der Waals surface area contributed by atoms with Crippen LogP contribution in [0.3, 0.4) is 0 Å². The lowest BCUT2D eigenvalue weighted by Crippen LogP contribution is -3.16. The Morgan fingerprint density at radius 2 is 1.78 bits per heavy atom. The van der Waals surface area contributed by atoms with Crippen LogP contribution in [-0.2, 0) is 22.5 Å². The number of carbonyl (C=O) groups excluding carboxylic acids is 2. The van der Waals surface area contributed by atoms with E-state index in [9.17, 15) is 32.7 Å². The van der Waals surface area contributed by atoms with E-state index in [0.29, 0.717) is 62.0 Å². The molecular formula is C33H34F3N9O5. The number of nitrogens with one attached hydrogen (secondary N) is 1. The fourth-order valence-corrected chi connectivity index (χ4v) is 11.5. The Kier molecular flexibility index (Phi) is 5.83. The Labute approximate surface area is 282 Å². The molecule has 0 spiro atoms. The van der Waals surface area contributed by atoms with Crippen molar-refractivity contribution in [1.82, 2.24) is 39.3 Å². The minimum absolute atomic E-state index is 0.0859. The Balaban J connectivity index is 0.959. The van der Waals surface area contributed by atoms with Gasteiger partial charge >= 0.3 is 6.18 Å². The molecule has 0 unspecified atom stereocenters. The van der Waals surface area contributed by atoms with Crippen LogP contribution in [0.15, 0.2) is 17.2 Å². The van der Waals surface area contributed by atoms with Crippen molar-refractivity contribution in [2.75, 3.05) is 44.3 Å². The summed E-state index contributed by atoms with van der Waals surface area (Å²) < 4.78 is 50.2. The lowest BCUT2D eigenvalue weighted by Gasteiger charge is -3.10. The molecule has 8 aliphatic rings. The van der Waals surface area contributed by atoms with Crippen molar-refractivity contribution in [3.8, 4) is 5.75 Å². The molecule has 2 amide bonds. The molecule has 1 saturated heterocycles.